The van der Waals surface area contributed by atoms with Gasteiger partial charge in [0.05, 0.1) is 36.2 Å². The highest BCUT2D eigenvalue weighted by atomic mass is 79.9. The maximum Gasteiger partial charge on any atom is 0.133 e. The third-order valence-electron chi connectivity index (χ3n) is 4.55. The van der Waals surface area contributed by atoms with Gasteiger partial charge in [0.15, 0.2) is 0 Å². The summed E-state index contributed by atoms with van der Waals surface area (Å²) in [5, 5.41) is 6.85. The Hall–Kier alpha value is -2.27. The fourth-order valence-electron chi connectivity index (χ4n) is 3.50. The molecule has 2 aromatic heterocycles. The predicted molar refractivity (Wildman–Crippen MR) is 99.6 cm³/mol. The number of halogens is 1. The number of ether oxygens (including phenoxy) is 2. The fraction of sp³-hybridized carbons (Fsp3) is 0.211. The molecule has 0 spiro atoms. The van der Waals surface area contributed by atoms with E-state index in [0.717, 1.165) is 54.8 Å². The molecule has 5 heteroatoms. The molecule has 0 aliphatic heterocycles. The van der Waals surface area contributed by atoms with Crippen LogP contribution < -0.4 is 9.47 Å². The highest BCUT2D eigenvalue weighted by Gasteiger charge is 2.25. The Morgan fingerprint density at radius 1 is 0.958 bits per heavy atom. The van der Waals surface area contributed by atoms with Gasteiger partial charge in [0.2, 0.25) is 0 Å². The molecule has 2 aromatic carbocycles. The first-order valence-electron chi connectivity index (χ1n) is 7.68. The zero-order chi connectivity index (χ0) is 17.0. The molecule has 0 bridgehead atoms. The predicted octanol–water partition coefficient (Wildman–Crippen LogP) is 4.99. The lowest BCUT2D eigenvalue weighted by Gasteiger charge is -2.10. The smallest absolute Gasteiger partial charge is 0.133 e. The maximum atomic E-state index is 5.69. The molecular weight excluding hydrogens is 368 g/mol. The lowest BCUT2D eigenvalue weighted by Crippen LogP contribution is -1.91. The largest absolute Gasteiger partial charge is 0.496 e. The number of benzene rings is 2. The highest BCUT2D eigenvalue weighted by Crippen LogP contribution is 2.46. The average Bonchev–Trinajstić information content (AvgIpc) is 3.07. The molecule has 0 unspecified atom stereocenters. The van der Waals surface area contributed by atoms with E-state index in [2.05, 4.69) is 47.1 Å². The Kier molecular flexibility index (Phi) is 3.42. The summed E-state index contributed by atoms with van der Waals surface area (Å²) in [5.74, 6) is 1.59. The average molecular weight is 385 g/mol. The van der Waals surface area contributed by atoms with E-state index < -0.39 is 0 Å². The zero-order valence-corrected chi connectivity index (χ0v) is 15.6. The van der Waals surface area contributed by atoms with Gasteiger partial charge < -0.3 is 9.47 Å². The quantitative estimate of drug-likeness (QED) is 0.499. The number of hydrogen-bond acceptors (Lipinski definition) is 3. The normalized spacial score (nSPS) is 11.5. The summed E-state index contributed by atoms with van der Waals surface area (Å²) in [6.07, 6.45) is 0. The second kappa shape index (κ2) is 5.38. The van der Waals surface area contributed by atoms with E-state index in [-0.39, 0.29) is 0 Å². The van der Waals surface area contributed by atoms with Crippen LogP contribution in [0.2, 0.25) is 0 Å². The molecule has 4 nitrogen and oxygen atoms in total. The van der Waals surface area contributed by atoms with Gasteiger partial charge >= 0.3 is 0 Å². The van der Waals surface area contributed by atoms with Gasteiger partial charge in [0.1, 0.15) is 11.5 Å². The van der Waals surface area contributed by atoms with Crippen molar-refractivity contribution in [3.63, 3.8) is 0 Å². The Labute approximate surface area is 148 Å². The SMILES string of the molecule is COc1cc(OC)c2c(-c3ccc(Br)cc3)c(C)n3nc(C)c1c23. The van der Waals surface area contributed by atoms with E-state index in [0.29, 0.717) is 0 Å². The molecule has 4 rings (SSSR count). The van der Waals surface area contributed by atoms with Gasteiger partial charge in [-0.2, -0.15) is 5.10 Å². The van der Waals surface area contributed by atoms with Crippen LogP contribution in [0.25, 0.3) is 27.4 Å². The molecule has 0 atom stereocenters. The van der Waals surface area contributed by atoms with Gasteiger partial charge in [-0.15, -0.1) is 0 Å². The van der Waals surface area contributed by atoms with Crippen molar-refractivity contribution >= 4 is 32.2 Å². The first-order valence-corrected chi connectivity index (χ1v) is 8.48. The Balaban J connectivity index is 2.20. The molecule has 0 fully saturated rings. The summed E-state index contributed by atoms with van der Waals surface area (Å²) in [6, 6.07) is 10.3. The third-order valence-corrected chi connectivity index (χ3v) is 5.08. The van der Waals surface area contributed by atoms with Crippen molar-refractivity contribution in [1.29, 1.82) is 0 Å². The van der Waals surface area contributed by atoms with Crippen LogP contribution in [-0.2, 0) is 0 Å². The van der Waals surface area contributed by atoms with Crippen LogP contribution in [0.5, 0.6) is 11.5 Å². The van der Waals surface area contributed by atoms with Gasteiger partial charge in [0.25, 0.3) is 0 Å². The number of aryl methyl sites for hydroxylation is 2. The summed E-state index contributed by atoms with van der Waals surface area (Å²) in [7, 11) is 3.37. The molecule has 4 aromatic rings. The Bertz CT molecular complexity index is 1050. The van der Waals surface area contributed by atoms with Crippen molar-refractivity contribution in [2.24, 2.45) is 0 Å². The monoisotopic (exact) mass is 384 g/mol. The number of rotatable bonds is 3. The van der Waals surface area contributed by atoms with Crippen LogP contribution in [0, 0.1) is 13.8 Å². The number of hydrogen-bond donors (Lipinski definition) is 0. The Morgan fingerprint density at radius 3 is 2.21 bits per heavy atom. The summed E-state index contributed by atoms with van der Waals surface area (Å²) in [6.45, 7) is 4.10. The standard InChI is InChI=1S/C19H17BrN2O2/c1-10-16-14(23-3)9-15(24-4)18-17(11(2)22(21-10)19(16)18)12-5-7-13(20)8-6-12/h5-9H,1-4H3. The first-order chi connectivity index (χ1) is 11.6. The molecule has 24 heavy (non-hydrogen) atoms. The van der Waals surface area contributed by atoms with E-state index in [1.807, 2.05) is 17.5 Å². The lowest BCUT2D eigenvalue weighted by molar-refractivity contribution is 0.401. The van der Waals surface area contributed by atoms with Gasteiger partial charge in [-0.1, -0.05) is 28.1 Å². The molecule has 122 valence electrons. The minimum atomic E-state index is 0.791. The van der Waals surface area contributed by atoms with Gasteiger partial charge in [-0.25, -0.2) is 4.52 Å². The van der Waals surface area contributed by atoms with Crippen LogP contribution >= 0.6 is 15.9 Å². The van der Waals surface area contributed by atoms with E-state index >= 15 is 0 Å². The fourth-order valence-corrected chi connectivity index (χ4v) is 3.76. The van der Waals surface area contributed by atoms with E-state index in [9.17, 15) is 0 Å². The van der Waals surface area contributed by atoms with E-state index in [1.165, 1.54) is 0 Å². The van der Waals surface area contributed by atoms with Crippen LogP contribution in [-0.4, -0.2) is 23.8 Å². The van der Waals surface area contributed by atoms with Gasteiger partial charge in [-0.3, -0.25) is 0 Å². The topological polar surface area (TPSA) is 35.8 Å². The van der Waals surface area contributed by atoms with Crippen molar-refractivity contribution in [2.75, 3.05) is 14.2 Å². The van der Waals surface area contributed by atoms with Crippen LogP contribution in [0.1, 0.15) is 11.4 Å². The van der Waals surface area contributed by atoms with Crippen LogP contribution in [0.15, 0.2) is 34.8 Å². The highest BCUT2D eigenvalue weighted by molar-refractivity contribution is 9.10. The summed E-state index contributed by atoms with van der Waals surface area (Å²) in [4.78, 5) is 0. The summed E-state index contributed by atoms with van der Waals surface area (Å²) < 4.78 is 14.3. The molecule has 0 radical (unpaired) electrons. The zero-order valence-electron chi connectivity index (χ0n) is 14.0. The second-order valence-corrected chi connectivity index (χ2v) is 6.76. The molecule has 0 saturated heterocycles. The van der Waals surface area contributed by atoms with Crippen LogP contribution in [0.4, 0.5) is 0 Å². The number of nitrogens with zero attached hydrogens (tertiary/aromatic N) is 2. The maximum absolute atomic E-state index is 5.69. The third kappa shape index (κ3) is 1.94. The van der Waals surface area contributed by atoms with Crippen molar-refractivity contribution in [3.05, 3.63) is 46.2 Å². The van der Waals surface area contributed by atoms with Crippen molar-refractivity contribution in [3.8, 4) is 22.6 Å². The van der Waals surface area contributed by atoms with E-state index in [1.54, 1.807) is 14.2 Å². The minimum Gasteiger partial charge on any atom is -0.496 e. The lowest BCUT2D eigenvalue weighted by atomic mass is 10.00. The molecule has 0 N–H and O–H groups in total. The minimum absolute atomic E-state index is 0.791. The van der Waals surface area contributed by atoms with Crippen molar-refractivity contribution in [2.45, 2.75) is 13.8 Å². The van der Waals surface area contributed by atoms with Crippen molar-refractivity contribution in [1.82, 2.24) is 9.61 Å². The number of aromatic nitrogens is 2. The molecule has 0 saturated carbocycles. The summed E-state index contributed by atoms with van der Waals surface area (Å²) >= 11 is 3.50. The van der Waals surface area contributed by atoms with Crippen molar-refractivity contribution < 1.29 is 9.47 Å². The first kappa shape index (κ1) is 15.3. The summed E-state index contributed by atoms with van der Waals surface area (Å²) in [5.41, 5.74) is 5.40. The van der Waals surface area contributed by atoms with Gasteiger partial charge in [-0.05, 0) is 31.5 Å². The molecule has 0 amide bonds. The van der Waals surface area contributed by atoms with E-state index in [4.69, 9.17) is 14.6 Å². The molecule has 0 aliphatic rings. The second-order valence-electron chi connectivity index (χ2n) is 5.84. The van der Waals surface area contributed by atoms with Gasteiger partial charge in [0, 0.05) is 21.8 Å². The molecular formula is C19H17BrN2O2. The Morgan fingerprint density at radius 2 is 1.58 bits per heavy atom. The van der Waals surface area contributed by atoms with Crippen LogP contribution in [0.3, 0.4) is 0 Å². The molecule has 0 aliphatic carbocycles. The number of methoxy groups -OCH3 is 2. The molecule has 2 heterocycles.